The van der Waals surface area contributed by atoms with Crippen molar-refractivity contribution in [3.8, 4) is 0 Å². The molecule has 1 saturated carbocycles. The molecule has 1 aromatic rings. The Balaban J connectivity index is 0.00000420. The van der Waals surface area contributed by atoms with Crippen LogP contribution in [-0.4, -0.2) is 55.8 Å². The third-order valence-electron chi connectivity index (χ3n) is 4.66. The second-order valence-corrected chi connectivity index (χ2v) is 10.9. The number of hydrogen-bond donors (Lipinski definition) is 3. The Hall–Kier alpha value is -0.430. The summed E-state index contributed by atoms with van der Waals surface area (Å²) in [4.78, 5) is 4.34. The summed E-state index contributed by atoms with van der Waals surface area (Å²) in [5.41, 5.74) is 0. The average Bonchev–Trinajstić information content (AvgIpc) is 2.69. The topological polar surface area (TPSA) is 99.7 Å². The van der Waals surface area contributed by atoms with Crippen molar-refractivity contribution in [3.63, 3.8) is 0 Å². The summed E-state index contributed by atoms with van der Waals surface area (Å²) in [5, 5.41) is 7.09. The molecule has 29 heavy (non-hydrogen) atoms. The van der Waals surface area contributed by atoms with Gasteiger partial charge in [-0.05, 0) is 37.5 Å². The molecule has 11 heteroatoms. The maximum absolute atomic E-state index is 12.3. The second kappa shape index (κ2) is 13.1. The number of nitrogens with zero attached hydrogens (tertiary/aromatic N) is 1. The monoisotopic (exact) mass is 576 g/mol. The van der Waals surface area contributed by atoms with Crippen LogP contribution >= 0.6 is 35.6 Å². The molecule has 0 bridgehead atoms. The maximum atomic E-state index is 12.3. The number of hydrogen-bond acceptors (Lipinski definition) is 4. The zero-order valence-corrected chi connectivity index (χ0v) is 21.4. The van der Waals surface area contributed by atoms with Gasteiger partial charge in [0.25, 0.3) is 0 Å². The highest BCUT2D eigenvalue weighted by molar-refractivity contribution is 14.0. The lowest BCUT2D eigenvalue weighted by molar-refractivity contribution is 0.413. The van der Waals surface area contributed by atoms with Crippen LogP contribution in [0.1, 0.15) is 32.6 Å². The maximum Gasteiger partial charge on any atom is 0.240 e. The van der Waals surface area contributed by atoms with E-state index in [1.54, 1.807) is 19.2 Å². The minimum Gasteiger partial charge on any atom is -0.355 e. The van der Waals surface area contributed by atoms with Crippen molar-refractivity contribution >= 4 is 62.4 Å². The molecule has 3 unspecified atom stereocenters. The van der Waals surface area contributed by atoms with Crippen molar-refractivity contribution in [2.75, 3.05) is 25.9 Å². The molecule has 7 nitrogen and oxygen atoms in total. The summed E-state index contributed by atoms with van der Waals surface area (Å²) in [6, 6.07) is 6.37. The molecule has 0 heterocycles. The smallest absolute Gasteiger partial charge is 0.240 e. The molecule has 0 saturated heterocycles. The third-order valence-corrected chi connectivity index (χ3v) is 8.10. The van der Waals surface area contributed by atoms with Crippen LogP contribution in [0, 0.1) is 0 Å². The lowest BCUT2D eigenvalue weighted by Crippen LogP contribution is -2.48. The molecule has 2 rings (SSSR count). The molecule has 0 aromatic heterocycles. The van der Waals surface area contributed by atoms with Gasteiger partial charge in [-0.25, -0.2) is 13.1 Å². The number of nitrogens with one attached hydrogen (secondary N) is 3. The van der Waals surface area contributed by atoms with Gasteiger partial charge in [-0.3, -0.25) is 9.20 Å². The van der Waals surface area contributed by atoms with Gasteiger partial charge in [0, 0.05) is 53.0 Å². The van der Waals surface area contributed by atoms with Crippen LogP contribution in [0.5, 0.6) is 0 Å². The number of aliphatic imine (C=N–C) groups is 1. The highest BCUT2D eigenvalue weighted by atomic mass is 127. The van der Waals surface area contributed by atoms with Crippen molar-refractivity contribution in [1.82, 2.24) is 15.4 Å². The van der Waals surface area contributed by atoms with Crippen LogP contribution in [0.2, 0.25) is 5.02 Å². The van der Waals surface area contributed by atoms with Crippen molar-refractivity contribution in [2.45, 2.75) is 48.8 Å². The highest BCUT2D eigenvalue weighted by Crippen LogP contribution is 2.23. The van der Waals surface area contributed by atoms with E-state index in [-0.39, 0.29) is 46.7 Å². The molecule has 0 spiro atoms. The molecule has 3 atom stereocenters. The molecule has 1 aliphatic carbocycles. The van der Waals surface area contributed by atoms with E-state index in [1.165, 1.54) is 12.1 Å². The number of guanidine groups is 1. The van der Waals surface area contributed by atoms with E-state index in [9.17, 15) is 12.6 Å². The van der Waals surface area contributed by atoms with E-state index in [0.717, 1.165) is 25.7 Å². The van der Waals surface area contributed by atoms with Crippen LogP contribution in [0.4, 0.5) is 0 Å². The fourth-order valence-corrected chi connectivity index (χ4v) is 5.90. The van der Waals surface area contributed by atoms with Crippen LogP contribution in [0.15, 0.2) is 34.2 Å². The number of benzene rings is 1. The van der Waals surface area contributed by atoms with Gasteiger partial charge in [-0.15, -0.1) is 24.0 Å². The van der Waals surface area contributed by atoms with E-state index in [2.05, 4.69) is 20.3 Å². The lowest BCUT2D eigenvalue weighted by Gasteiger charge is -2.30. The van der Waals surface area contributed by atoms with Gasteiger partial charge in [0.05, 0.1) is 4.90 Å². The Morgan fingerprint density at radius 2 is 2.07 bits per heavy atom. The van der Waals surface area contributed by atoms with Crippen LogP contribution in [-0.2, 0) is 20.8 Å². The van der Waals surface area contributed by atoms with Crippen molar-refractivity contribution in [3.05, 3.63) is 29.3 Å². The summed E-state index contributed by atoms with van der Waals surface area (Å²) in [5.74, 6) is 1.31. The van der Waals surface area contributed by atoms with Crippen molar-refractivity contribution in [1.29, 1.82) is 0 Å². The zero-order chi connectivity index (χ0) is 20.6. The summed E-state index contributed by atoms with van der Waals surface area (Å²) in [6.07, 6.45) is 3.93. The fourth-order valence-electron chi connectivity index (χ4n) is 3.22. The van der Waals surface area contributed by atoms with E-state index in [1.807, 2.05) is 6.92 Å². The summed E-state index contributed by atoms with van der Waals surface area (Å²) < 4.78 is 39.2. The third kappa shape index (κ3) is 8.68. The van der Waals surface area contributed by atoms with Gasteiger partial charge >= 0.3 is 0 Å². The fraction of sp³-hybridized carbons (Fsp3) is 0.611. The predicted molar refractivity (Wildman–Crippen MR) is 131 cm³/mol. The molecule has 0 aliphatic heterocycles. The Labute approximate surface area is 198 Å². The van der Waals surface area contributed by atoms with E-state index in [4.69, 9.17) is 11.6 Å². The molecule has 0 amide bonds. The minimum absolute atomic E-state index is 0. The summed E-state index contributed by atoms with van der Waals surface area (Å²) >= 11 is 5.86. The first-order chi connectivity index (χ1) is 13.4. The van der Waals surface area contributed by atoms with Crippen molar-refractivity contribution < 1.29 is 12.6 Å². The Bertz CT molecular complexity index is 808. The van der Waals surface area contributed by atoms with Crippen molar-refractivity contribution in [2.24, 2.45) is 4.99 Å². The highest BCUT2D eigenvalue weighted by Gasteiger charge is 2.26. The minimum atomic E-state index is -3.60. The molecular weight excluding hydrogens is 547 g/mol. The SMILES string of the molecule is CCS(=O)C1CCCC(NC(=NC)NCCNS(=O)(=O)c2cccc(Cl)c2)C1.I. The lowest BCUT2D eigenvalue weighted by atomic mass is 9.95. The summed E-state index contributed by atoms with van der Waals surface area (Å²) in [7, 11) is -2.70. The Morgan fingerprint density at radius 3 is 2.72 bits per heavy atom. The van der Waals surface area contributed by atoms with E-state index < -0.39 is 20.8 Å². The standard InChI is InChI=1S/C18H29ClN4O3S2.HI/c1-3-27(24)16-8-5-7-15(13-16)23-18(20-2)21-10-11-22-28(25,26)17-9-4-6-14(19)12-17;/h4,6,9,12,15-16,22H,3,5,7-8,10-11,13H2,1-2H3,(H2,20,21,23);1H. The van der Waals surface area contributed by atoms with E-state index in [0.29, 0.717) is 23.3 Å². The molecule has 166 valence electrons. The van der Waals surface area contributed by atoms with Crippen LogP contribution in [0.3, 0.4) is 0 Å². The van der Waals surface area contributed by atoms with Gasteiger partial charge in [0.1, 0.15) is 0 Å². The summed E-state index contributed by atoms with van der Waals surface area (Å²) in [6.45, 7) is 2.55. The molecule has 1 aliphatic rings. The Morgan fingerprint density at radius 1 is 1.31 bits per heavy atom. The zero-order valence-electron chi connectivity index (χ0n) is 16.7. The van der Waals surface area contributed by atoms with Gasteiger partial charge < -0.3 is 10.6 Å². The first-order valence-electron chi connectivity index (χ1n) is 9.45. The number of sulfonamides is 1. The number of halogens is 2. The van der Waals surface area contributed by atoms with Crippen LogP contribution < -0.4 is 15.4 Å². The van der Waals surface area contributed by atoms with Gasteiger partial charge in [-0.2, -0.15) is 0 Å². The molecule has 1 fully saturated rings. The number of rotatable bonds is 8. The largest absolute Gasteiger partial charge is 0.355 e. The first-order valence-corrected chi connectivity index (χ1v) is 12.7. The molecular formula is C18H30ClIN4O3S2. The van der Waals surface area contributed by atoms with Gasteiger partial charge in [-0.1, -0.05) is 31.0 Å². The normalized spacial score (nSPS) is 21.1. The predicted octanol–water partition coefficient (Wildman–Crippen LogP) is 2.48. The first kappa shape index (κ1) is 26.6. The molecule has 3 N–H and O–H groups in total. The van der Waals surface area contributed by atoms with Gasteiger partial charge in [0.15, 0.2) is 5.96 Å². The van der Waals surface area contributed by atoms with Gasteiger partial charge in [0.2, 0.25) is 10.0 Å². The Kier molecular flexibility index (Phi) is 12.0. The molecule has 1 aromatic carbocycles. The average molecular weight is 577 g/mol. The quantitative estimate of drug-likeness (QED) is 0.191. The van der Waals surface area contributed by atoms with E-state index >= 15 is 0 Å². The molecule has 0 radical (unpaired) electrons. The second-order valence-electron chi connectivity index (χ2n) is 6.65. The van der Waals surface area contributed by atoms with Crippen LogP contribution in [0.25, 0.3) is 0 Å².